The number of carbonyl (C=O) groups is 1. The molecular weight excluding hydrogens is 348 g/mol. The number of fused-ring (bicyclic) bond motifs is 1. The van der Waals surface area contributed by atoms with Crippen LogP contribution in [0.3, 0.4) is 0 Å². The summed E-state index contributed by atoms with van der Waals surface area (Å²) >= 11 is 0. The molecular formula is C18H19F2NO5. The average molecular weight is 367 g/mol. The number of hydrogen-bond donors (Lipinski definition) is 0. The van der Waals surface area contributed by atoms with Gasteiger partial charge in [-0.25, -0.2) is 13.6 Å². The van der Waals surface area contributed by atoms with Crippen LogP contribution in [-0.2, 0) is 14.2 Å². The largest absolute Gasteiger partial charge is 0.462 e. The second kappa shape index (κ2) is 6.77. The van der Waals surface area contributed by atoms with E-state index in [-0.39, 0.29) is 36.3 Å². The van der Waals surface area contributed by atoms with E-state index in [4.69, 9.17) is 14.2 Å². The maximum Gasteiger partial charge on any atom is 0.343 e. The minimum Gasteiger partial charge on any atom is -0.462 e. The van der Waals surface area contributed by atoms with Crippen molar-refractivity contribution < 1.29 is 27.8 Å². The summed E-state index contributed by atoms with van der Waals surface area (Å²) < 4.78 is 45.1. The van der Waals surface area contributed by atoms with Gasteiger partial charge < -0.3 is 18.8 Å². The SMILES string of the molecule is CCOC(=O)c1cn(C2COC(C)(C)OC2)c2cc(F)c(F)cc2c1=O. The lowest BCUT2D eigenvalue weighted by Gasteiger charge is -2.36. The van der Waals surface area contributed by atoms with Gasteiger partial charge in [0.2, 0.25) is 5.43 Å². The van der Waals surface area contributed by atoms with Crippen molar-refractivity contribution in [2.45, 2.75) is 32.6 Å². The molecule has 0 amide bonds. The van der Waals surface area contributed by atoms with Crippen molar-refractivity contribution >= 4 is 16.9 Å². The Morgan fingerprint density at radius 2 is 1.88 bits per heavy atom. The Bertz CT molecular complexity index is 912. The highest BCUT2D eigenvalue weighted by molar-refractivity contribution is 5.93. The third-order valence-corrected chi connectivity index (χ3v) is 4.21. The summed E-state index contributed by atoms with van der Waals surface area (Å²) in [5, 5.41) is -0.112. The molecule has 1 aromatic heterocycles. The number of pyridine rings is 1. The highest BCUT2D eigenvalue weighted by Gasteiger charge is 2.30. The summed E-state index contributed by atoms with van der Waals surface area (Å²) in [6, 6.07) is 1.30. The molecule has 26 heavy (non-hydrogen) atoms. The van der Waals surface area contributed by atoms with Crippen molar-refractivity contribution in [3.05, 3.63) is 45.8 Å². The standard InChI is InChI=1S/C18H19F2NO5/c1-4-24-17(23)12-7-21(10-8-25-18(2,3)26-9-10)15-6-14(20)13(19)5-11(15)16(12)22/h5-7,10H,4,8-9H2,1-3H3. The molecule has 2 aromatic rings. The molecule has 1 saturated heterocycles. The maximum absolute atomic E-state index is 13.8. The smallest absolute Gasteiger partial charge is 0.343 e. The van der Waals surface area contributed by atoms with Gasteiger partial charge >= 0.3 is 5.97 Å². The van der Waals surface area contributed by atoms with E-state index in [1.165, 1.54) is 10.8 Å². The first kappa shape index (κ1) is 18.5. The van der Waals surface area contributed by atoms with Crippen molar-refractivity contribution in [3.8, 4) is 0 Å². The van der Waals surface area contributed by atoms with E-state index in [0.717, 1.165) is 12.1 Å². The van der Waals surface area contributed by atoms with Crippen LogP contribution in [-0.4, -0.2) is 36.1 Å². The number of benzene rings is 1. The van der Waals surface area contributed by atoms with Gasteiger partial charge in [0.1, 0.15) is 5.56 Å². The Balaban J connectivity index is 2.20. The Labute approximate surface area is 148 Å². The second-order valence-electron chi connectivity index (χ2n) is 6.46. The quantitative estimate of drug-likeness (QED) is 0.781. The highest BCUT2D eigenvalue weighted by atomic mass is 19.2. The lowest BCUT2D eigenvalue weighted by Crippen LogP contribution is -2.40. The summed E-state index contributed by atoms with van der Waals surface area (Å²) in [6.45, 7) is 5.63. The lowest BCUT2D eigenvalue weighted by atomic mass is 10.1. The number of carbonyl (C=O) groups excluding carboxylic acids is 1. The Morgan fingerprint density at radius 1 is 1.27 bits per heavy atom. The highest BCUT2D eigenvalue weighted by Crippen LogP contribution is 2.27. The number of nitrogens with zero attached hydrogens (tertiary/aromatic N) is 1. The van der Waals surface area contributed by atoms with E-state index in [1.54, 1.807) is 20.8 Å². The van der Waals surface area contributed by atoms with Gasteiger partial charge in [0.25, 0.3) is 0 Å². The molecule has 2 heterocycles. The van der Waals surface area contributed by atoms with E-state index in [2.05, 4.69) is 0 Å². The molecule has 6 nitrogen and oxygen atoms in total. The van der Waals surface area contributed by atoms with Gasteiger partial charge in [0.15, 0.2) is 17.4 Å². The predicted octanol–water partition coefficient (Wildman–Crippen LogP) is 2.78. The maximum atomic E-state index is 13.8. The number of hydrogen-bond acceptors (Lipinski definition) is 5. The number of halogens is 2. The van der Waals surface area contributed by atoms with Crippen molar-refractivity contribution in [1.29, 1.82) is 0 Å². The first-order valence-corrected chi connectivity index (χ1v) is 8.22. The van der Waals surface area contributed by atoms with Crippen LogP contribution in [0.15, 0.2) is 23.1 Å². The van der Waals surface area contributed by atoms with Crippen LogP contribution < -0.4 is 5.43 Å². The number of esters is 1. The molecule has 0 radical (unpaired) electrons. The predicted molar refractivity (Wildman–Crippen MR) is 89.1 cm³/mol. The molecule has 8 heteroatoms. The zero-order valence-electron chi connectivity index (χ0n) is 14.7. The van der Waals surface area contributed by atoms with Crippen molar-refractivity contribution in [3.63, 3.8) is 0 Å². The molecule has 1 fully saturated rings. The fourth-order valence-electron chi connectivity index (χ4n) is 2.84. The van der Waals surface area contributed by atoms with Gasteiger partial charge in [0.05, 0.1) is 31.4 Å². The third kappa shape index (κ3) is 3.34. The summed E-state index contributed by atoms with van der Waals surface area (Å²) in [7, 11) is 0. The Morgan fingerprint density at radius 3 is 2.50 bits per heavy atom. The molecule has 0 atom stereocenters. The van der Waals surface area contributed by atoms with Crippen LogP contribution in [0.1, 0.15) is 37.2 Å². The second-order valence-corrected chi connectivity index (χ2v) is 6.46. The van der Waals surface area contributed by atoms with Crippen LogP contribution in [0.4, 0.5) is 8.78 Å². The summed E-state index contributed by atoms with van der Waals surface area (Å²) in [5.41, 5.74) is -0.819. The van der Waals surface area contributed by atoms with Gasteiger partial charge in [-0.15, -0.1) is 0 Å². The molecule has 140 valence electrons. The van der Waals surface area contributed by atoms with Crippen LogP contribution in [0.2, 0.25) is 0 Å². The number of aromatic nitrogens is 1. The van der Waals surface area contributed by atoms with Crippen molar-refractivity contribution in [1.82, 2.24) is 4.57 Å². The normalized spacial score (nSPS) is 17.4. The van der Waals surface area contributed by atoms with Gasteiger partial charge in [-0.3, -0.25) is 4.79 Å². The summed E-state index contributed by atoms with van der Waals surface area (Å²) in [6.07, 6.45) is 1.29. The topological polar surface area (TPSA) is 66.8 Å². The zero-order valence-corrected chi connectivity index (χ0v) is 14.7. The van der Waals surface area contributed by atoms with Crippen molar-refractivity contribution in [2.24, 2.45) is 0 Å². The van der Waals surface area contributed by atoms with E-state index in [1.807, 2.05) is 0 Å². The number of rotatable bonds is 3. The molecule has 1 aliphatic heterocycles. The fourth-order valence-corrected chi connectivity index (χ4v) is 2.84. The van der Waals surface area contributed by atoms with Crippen LogP contribution in [0.5, 0.6) is 0 Å². The van der Waals surface area contributed by atoms with Gasteiger partial charge in [-0.05, 0) is 26.8 Å². The first-order valence-electron chi connectivity index (χ1n) is 8.22. The minimum atomic E-state index is -1.17. The van der Waals surface area contributed by atoms with E-state index in [0.29, 0.717) is 0 Å². The summed E-state index contributed by atoms with van der Waals surface area (Å²) in [5.74, 6) is -3.85. The van der Waals surface area contributed by atoms with E-state index >= 15 is 0 Å². The Hall–Kier alpha value is -2.32. The van der Waals surface area contributed by atoms with Crippen LogP contribution in [0.25, 0.3) is 10.9 Å². The van der Waals surface area contributed by atoms with Crippen LogP contribution >= 0.6 is 0 Å². The average Bonchev–Trinajstić information content (AvgIpc) is 2.58. The molecule has 1 aliphatic rings. The van der Waals surface area contributed by atoms with E-state index in [9.17, 15) is 18.4 Å². The van der Waals surface area contributed by atoms with Gasteiger partial charge in [-0.2, -0.15) is 0 Å². The molecule has 0 N–H and O–H groups in total. The third-order valence-electron chi connectivity index (χ3n) is 4.21. The monoisotopic (exact) mass is 367 g/mol. The number of ether oxygens (including phenoxy) is 3. The molecule has 0 unspecified atom stereocenters. The van der Waals surface area contributed by atoms with Crippen LogP contribution in [0, 0.1) is 11.6 Å². The van der Waals surface area contributed by atoms with Gasteiger partial charge in [-0.1, -0.05) is 0 Å². The van der Waals surface area contributed by atoms with E-state index < -0.39 is 34.9 Å². The first-order chi connectivity index (χ1) is 12.2. The summed E-state index contributed by atoms with van der Waals surface area (Å²) in [4.78, 5) is 24.7. The molecule has 0 spiro atoms. The molecule has 3 rings (SSSR count). The lowest BCUT2D eigenvalue weighted by molar-refractivity contribution is -0.258. The molecule has 0 saturated carbocycles. The minimum absolute atomic E-state index is 0.0813. The van der Waals surface area contributed by atoms with Crippen molar-refractivity contribution in [2.75, 3.05) is 19.8 Å². The molecule has 0 aliphatic carbocycles. The zero-order chi connectivity index (χ0) is 19.1. The molecule has 0 bridgehead atoms. The molecule has 1 aromatic carbocycles. The van der Waals surface area contributed by atoms with Gasteiger partial charge in [0, 0.05) is 17.6 Å². The Kier molecular flexibility index (Phi) is 4.81. The fraction of sp³-hybridized carbons (Fsp3) is 0.444.